The third-order valence-corrected chi connectivity index (χ3v) is 3.47. The second-order valence-corrected chi connectivity index (χ2v) is 5.22. The summed E-state index contributed by atoms with van der Waals surface area (Å²) in [5.74, 6) is 0. The number of β-amino-alcohol motifs (C(OH)–C–C–N with tert-alkyl or cyclic N) is 1. The van der Waals surface area contributed by atoms with Crippen LogP contribution in [0, 0.1) is 0 Å². The third-order valence-electron chi connectivity index (χ3n) is 3.47. The van der Waals surface area contributed by atoms with Gasteiger partial charge in [0, 0.05) is 12.7 Å². The monoisotopic (exact) mass is 252 g/mol. The van der Waals surface area contributed by atoms with Crippen LogP contribution in [0.25, 0.3) is 0 Å². The zero-order chi connectivity index (χ0) is 12.8. The van der Waals surface area contributed by atoms with E-state index in [1.54, 1.807) is 17.1 Å². The molecule has 0 amide bonds. The molecule has 18 heavy (non-hydrogen) atoms. The Hall–Kier alpha value is -1.07. The van der Waals surface area contributed by atoms with Crippen molar-refractivity contribution in [2.75, 3.05) is 25.4 Å². The molecule has 0 aromatic carbocycles. The molecule has 3 N–H and O–H groups in total. The first-order valence-electron chi connectivity index (χ1n) is 6.92. The van der Waals surface area contributed by atoms with Gasteiger partial charge in [-0.15, -0.1) is 0 Å². The number of nitrogen functional groups attached to an aromatic ring is 1. The maximum Gasteiger partial charge on any atom is 0.0862 e. The number of anilines is 1. The maximum absolute atomic E-state index is 10.1. The van der Waals surface area contributed by atoms with Crippen molar-refractivity contribution >= 4 is 5.69 Å². The van der Waals surface area contributed by atoms with Crippen LogP contribution in [-0.4, -0.2) is 45.5 Å². The van der Waals surface area contributed by atoms with E-state index in [0.717, 1.165) is 19.6 Å². The normalized spacial score (nSPS) is 20.3. The molecule has 2 heterocycles. The Morgan fingerprint density at radius 3 is 2.44 bits per heavy atom. The minimum absolute atomic E-state index is 0.372. The highest BCUT2D eigenvalue weighted by Gasteiger charge is 2.13. The molecule has 5 heteroatoms. The number of hydrogen-bond acceptors (Lipinski definition) is 4. The summed E-state index contributed by atoms with van der Waals surface area (Å²) in [7, 11) is 0. The van der Waals surface area contributed by atoms with E-state index < -0.39 is 0 Å². The summed E-state index contributed by atoms with van der Waals surface area (Å²) >= 11 is 0. The van der Waals surface area contributed by atoms with Gasteiger partial charge in [0.25, 0.3) is 0 Å². The Balaban J connectivity index is 1.76. The van der Waals surface area contributed by atoms with Crippen molar-refractivity contribution in [1.29, 1.82) is 0 Å². The van der Waals surface area contributed by atoms with Gasteiger partial charge in [0.1, 0.15) is 0 Å². The molecule has 1 aliphatic heterocycles. The van der Waals surface area contributed by atoms with Gasteiger partial charge < -0.3 is 15.7 Å². The molecule has 1 atom stereocenters. The van der Waals surface area contributed by atoms with Crippen LogP contribution in [-0.2, 0) is 6.54 Å². The van der Waals surface area contributed by atoms with Crippen molar-refractivity contribution in [2.45, 2.75) is 44.8 Å². The van der Waals surface area contributed by atoms with E-state index >= 15 is 0 Å². The van der Waals surface area contributed by atoms with Crippen LogP contribution in [0.2, 0.25) is 0 Å². The summed E-state index contributed by atoms with van der Waals surface area (Å²) in [6.07, 6.45) is 9.51. The van der Waals surface area contributed by atoms with E-state index in [4.69, 9.17) is 5.73 Å². The van der Waals surface area contributed by atoms with Crippen LogP contribution < -0.4 is 5.73 Å². The van der Waals surface area contributed by atoms with Gasteiger partial charge in [-0.1, -0.05) is 19.3 Å². The van der Waals surface area contributed by atoms with Crippen LogP contribution >= 0.6 is 0 Å². The van der Waals surface area contributed by atoms with Crippen LogP contribution in [0.15, 0.2) is 12.4 Å². The van der Waals surface area contributed by atoms with Crippen molar-refractivity contribution in [3.05, 3.63) is 12.4 Å². The molecule has 0 saturated carbocycles. The van der Waals surface area contributed by atoms with E-state index in [9.17, 15) is 5.11 Å². The Morgan fingerprint density at radius 1 is 1.17 bits per heavy atom. The predicted molar refractivity (Wildman–Crippen MR) is 72.2 cm³/mol. The molecule has 1 saturated heterocycles. The molecule has 0 spiro atoms. The highest BCUT2D eigenvalue weighted by Crippen LogP contribution is 2.11. The Morgan fingerprint density at radius 2 is 1.83 bits per heavy atom. The molecule has 2 rings (SSSR count). The number of likely N-dealkylation sites (tertiary alicyclic amines) is 1. The van der Waals surface area contributed by atoms with E-state index in [0.29, 0.717) is 12.2 Å². The number of rotatable bonds is 4. The second kappa shape index (κ2) is 6.75. The number of aliphatic hydroxyl groups is 1. The van der Waals surface area contributed by atoms with Gasteiger partial charge >= 0.3 is 0 Å². The van der Waals surface area contributed by atoms with Gasteiger partial charge in [-0.25, -0.2) is 0 Å². The first-order chi connectivity index (χ1) is 8.74. The fraction of sp³-hybridized carbons (Fsp3) is 0.769. The largest absolute Gasteiger partial charge is 0.396 e. The lowest BCUT2D eigenvalue weighted by atomic mass is 10.1. The Labute approximate surface area is 109 Å². The van der Waals surface area contributed by atoms with Gasteiger partial charge in [0.15, 0.2) is 0 Å². The molecular formula is C13H24N4O. The average Bonchev–Trinajstić information content (AvgIpc) is 2.67. The summed E-state index contributed by atoms with van der Waals surface area (Å²) in [6.45, 7) is 3.48. The van der Waals surface area contributed by atoms with Crippen molar-refractivity contribution in [1.82, 2.24) is 14.7 Å². The lowest BCUT2D eigenvalue weighted by Crippen LogP contribution is -2.36. The second-order valence-electron chi connectivity index (χ2n) is 5.22. The van der Waals surface area contributed by atoms with Crippen molar-refractivity contribution in [2.24, 2.45) is 0 Å². The van der Waals surface area contributed by atoms with Crippen molar-refractivity contribution in [3.8, 4) is 0 Å². The van der Waals surface area contributed by atoms with Gasteiger partial charge in [-0.2, -0.15) is 5.10 Å². The van der Waals surface area contributed by atoms with Crippen molar-refractivity contribution in [3.63, 3.8) is 0 Å². The highest BCUT2D eigenvalue weighted by molar-refractivity contribution is 5.30. The first kappa shape index (κ1) is 13.4. The molecule has 1 aromatic rings. The number of nitrogens with two attached hydrogens (primary N) is 1. The summed E-state index contributed by atoms with van der Waals surface area (Å²) in [6, 6.07) is 0. The van der Waals surface area contributed by atoms with Crippen molar-refractivity contribution < 1.29 is 5.11 Å². The summed E-state index contributed by atoms with van der Waals surface area (Å²) in [4.78, 5) is 2.37. The smallest absolute Gasteiger partial charge is 0.0862 e. The summed E-state index contributed by atoms with van der Waals surface area (Å²) < 4.78 is 1.71. The lowest BCUT2D eigenvalue weighted by Gasteiger charge is -2.26. The zero-order valence-electron chi connectivity index (χ0n) is 11.0. The van der Waals surface area contributed by atoms with Crippen LogP contribution in [0.1, 0.15) is 32.1 Å². The quantitative estimate of drug-likeness (QED) is 0.842. The van der Waals surface area contributed by atoms with Gasteiger partial charge in [-0.3, -0.25) is 4.68 Å². The summed E-state index contributed by atoms with van der Waals surface area (Å²) in [5, 5.41) is 14.2. The van der Waals surface area contributed by atoms with Crippen LogP contribution in [0.3, 0.4) is 0 Å². The molecule has 102 valence electrons. The fourth-order valence-corrected chi connectivity index (χ4v) is 2.55. The van der Waals surface area contributed by atoms with E-state index in [1.165, 1.54) is 32.1 Å². The highest BCUT2D eigenvalue weighted by atomic mass is 16.3. The maximum atomic E-state index is 10.1. The minimum Gasteiger partial charge on any atom is -0.396 e. The molecule has 0 bridgehead atoms. The Kier molecular flexibility index (Phi) is 5.01. The summed E-state index contributed by atoms with van der Waals surface area (Å²) in [5.41, 5.74) is 6.25. The standard InChI is InChI=1S/C13H24N4O/c14-12-8-15-17(9-12)11-13(18)10-16-6-4-2-1-3-5-7-16/h8-9,13,18H,1-7,10-11,14H2. The molecule has 0 radical (unpaired) electrons. The first-order valence-corrected chi connectivity index (χ1v) is 6.92. The molecule has 5 nitrogen and oxygen atoms in total. The molecule has 1 aliphatic rings. The van der Waals surface area contributed by atoms with E-state index in [2.05, 4.69) is 10.00 Å². The van der Waals surface area contributed by atoms with E-state index in [1.807, 2.05) is 0 Å². The average molecular weight is 252 g/mol. The SMILES string of the molecule is Nc1cnn(CC(O)CN2CCCCCCC2)c1. The molecular weight excluding hydrogens is 228 g/mol. The molecule has 1 unspecified atom stereocenters. The van der Waals surface area contributed by atoms with Crippen LogP contribution in [0.4, 0.5) is 5.69 Å². The predicted octanol–water partition coefficient (Wildman–Crippen LogP) is 1.09. The fourth-order valence-electron chi connectivity index (χ4n) is 2.55. The molecule has 1 aromatic heterocycles. The third kappa shape index (κ3) is 4.31. The number of aliphatic hydroxyl groups excluding tert-OH is 1. The van der Waals surface area contributed by atoms with Gasteiger partial charge in [0.2, 0.25) is 0 Å². The zero-order valence-corrected chi connectivity index (χ0v) is 11.0. The minimum atomic E-state index is -0.372. The van der Waals surface area contributed by atoms with Gasteiger partial charge in [0.05, 0.1) is 24.5 Å². The Bertz CT molecular complexity index is 345. The number of nitrogens with zero attached hydrogens (tertiary/aromatic N) is 3. The topological polar surface area (TPSA) is 67.3 Å². The lowest BCUT2D eigenvalue weighted by molar-refractivity contribution is 0.0907. The van der Waals surface area contributed by atoms with Gasteiger partial charge in [-0.05, 0) is 25.9 Å². The van der Waals surface area contributed by atoms with Crippen LogP contribution in [0.5, 0.6) is 0 Å². The number of hydrogen-bond donors (Lipinski definition) is 2. The molecule has 0 aliphatic carbocycles. The number of aromatic nitrogens is 2. The van der Waals surface area contributed by atoms with E-state index in [-0.39, 0.29) is 6.10 Å². The molecule has 1 fully saturated rings.